The molecule has 1 aromatic heterocycles. The third-order valence-corrected chi connectivity index (χ3v) is 10.1. The first-order chi connectivity index (χ1) is 27.2. The zero-order valence-electron chi connectivity index (χ0n) is 30.2. The Morgan fingerprint density at radius 3 is 1.98 bits per heavy atom. The molecule has 0 saturated heterocycles. The fourth-order valence-corrected chi connectivity index (χ4v) is 7.26. The van der Waals surface area contributed by atoms with Gasteiger partial charge >= 0.3 is 6.03 Å². The van der Waals surface area contributed by atoms with Crippen LogP contribution in [0.2, 0.25) is 5.02 Å². The highest BCUT2D eigenvalue weighted by Crippen LogP contribution is 2.41. The van der Waals surface area contributed by atoms with E-state index in [-0.39, 0.29) is 48.0 Å². The maximum absolute atomic E-state index is 14.9. The molecule has 0 radical (unpaired) electrons. The number of carbonyl (C=O) groups excluding carboxylic acids is 1. The van der Waals surface area contributed by atoms with Crippen LogP contribution in [0.1, 0.15) is 47.5 Å². The highest BCUT2D eigenvalue weighted by atomic mass is 35.5. The fourth-order valence-electron chi connectivity index (χ4n) is 7.08. The smallest absolute Gasteiger partial charge is 0.322 e. The molecule has 8 nitrogen and oxygen atoms in total. The van der Waals surface area contributed by atoms with Crippen molar-refractivity contribution in [2.75, 3.05) is 18.5 Å². The van der Waals surface area contributed by atoms with Crippen molar-refractivity contribution in [3.63, 3.8) is 0 Å². The van der Waals surface area contributed by atoms with Crippen molar-refractivity contribution in [2.24, 2.45) is 0 Å². The van der Waals surface area contributed by atoms with Crippen molar-refractivity contribution >= 4 is 34.1 Å². The number of aliphatic hydroxyl groups is 1. The summed E-state index contributed by atoms with van der Waals surface area (Å²) >= 11 is 5.93. The Morgan fingerprint density at radius 2 is 1.41 bits per heavy atom. The van der Waals surface area contributed by atoms with Crippen LogP contribution in [-0.2, 0) is 12.1 Å². The van der Waals surface area contributed by atoms with E-state index in [1.165, 1.54) is 17.0 Å². The van der Waals surface area contributed by atoms with E-state index in [2.05, 4.69) is 10.3 Å². The molecule has 7 aromatic rings. The Bertz CT molecular complexity index is 2360. The summed E-state index contributed by atoms with van der Waals surface area (Å²) in [4.78, 5) is 19.7. The molecule has 12 heteroatoms. The first kappa shape index (κ1) is 38.1. The molecule has 0 spiro atoms. The van der Waals surface area contributed by atoms with Gasteiger partial charge in [0.2, 0.25) is 0 Å². The number of aliphatic hydroxyl groups excluding tert-OH is 1. The zero-order chi connectivity index (χ0) is 39.2. The first-order valence-electron chi connectivity index (χ1n) is 18.0. The van der Waals surface area contributed by atoms with Crippen LogP contribution in [0.3, 0.4) is 0 Å². The molecule has 1 heterocycles. The second kappa shape index (κ2) is 16.7. The molecule has 56 heavy (non-hydrogen) atoms. The molecule has 284 valence electrons. The number of hydrogen-bond acceptors (Lipinski definition) is 5. The number of nitrogens with one attached hydrogen (secondary N) is 1. The van der Waals surface area contributed by atoms with E-state index in [1.807, 2.05) is 95.7 Å². The van der Waals surface area contributed by atoms with Gasteiger partial charge in [0.05, 0.1) is 11.1 Å². The predicted molar refractivity (Wildman–Crippen MR) is 210 cm³/mol. The van der Waals surface area contributed by atoms with Crippen LogP contribution in [0.5, 0.6) is 5.75 Å². The standard InChI is InChI=1S/C44H37ClF3N5O3/c1-29(52(22-11-23-54)43(55)50-33-18-20-38(46)37(45)24-33)34-19-21-41(36-26-40(48)39(47)25-35(34)36)56-27-42-49-28-53(51-42)44(30-12-5-2-6-13-30,31-14-7-3-8-15-31)32-16-9-4-10-17-32/h2-10,12-21,24-26,28-29,54H,11,22-23,27H2,1H3,(H,50,55). The number of benzene rings is 6. The normalized spacial score (nSPS) is 12.0. The molecule has 7 rings (SSSR count). The van der Waals surface area contributed by atoms with Gasteiger partial charge in [-0.05, 0) is 77.4 Å². The number of urea groups is 1. The number of nitrogens with zero attached hydrogens (tertiary/aromatic N) is 4. The Morgan fingerprint density at radius 1 is 0.821 bits per heavy atom. The quantitative estimate of drug-likeness (QED) is 0.114. The summed E-state index contributed by atoms with van der Waals surface area (Å²) in [7, 11) is 0. The maximum atomic E-state index is 14.9. The summed E-state index contributed by atoms with van der Waals surface area (Å²) in [5.74, 6) is -2.19. The summed E-state index contributed by atoms with van der Waals surface area (Å²) < 4.78 is 51.7. The van der Waals surface area contributed by atoms with Gasteiger partial charge in [-0.1, -0.05) is 109 Å². The largest absolute Gasteiger partial charge is 0.485 e. The van der Waals surface area contributed by atoms with Crippen LogP contribution >= 0.6 is 11.6 Å². The van der Waals surface area contributed by atoms with Crippen molar-refractivity contribution in [3.8, 4) is 5.75 Å². The van der Waals surface area contributed by atoms with Crippen LogP contribution in [-0.4, -0.2) is 44.0 Å². The summed E-state index contributed by atoms with van der Waals surface area (Å²) in [6.45, 7) is 1.56. The molecule has 2 N–H and O–H groups in total. The van der Waals surface area contributed by atoms with Crippen molar-refractivity contribution in [3.05, 3.63) is 190 Å². The molecule has 1 atom stereocenters. The fraction of sp³-hybridized carbons (Fsp3) is 0.159. The molecule has 0 fully saturated rings. The Labute approximate surface area is 326 Å². The van der Waals surface area contributed by atoms with Gasteiger partial charge in [-0.3, -0.25) is 0 Å². The van der Waals surface area contributed by atoms with Crippen LogP contribution in [0.25, 0.3) is 10.8 Å². The van der Waals surface area contributed by atoms with Gasteiger partial charge in [0, 0.05) is 24.2 Å². The van der Waals surface area contributed by atoms with Crippen molar-refractivity contribution in [1.29, 1.82) is 0 Å². The number of halogens is 4. The lowest BCUT2D eigenvalue weighted by Crippen LogP contribution is -2.38. The average Bonchev–Trinajstić information content (AvgIpc) is 3.69. The minimum Gasteiger partial charge on any atom is -0.485 e. The molecular formula is C44H37ClF3N5O3. The van der Waals surface area contributed by atoms with Gasteiger partial charge < -0.3 is 20.1 Å². The second-order valence-electron chi connectivity index (χ2n) is 13.2. The summed E-state index contributed by atoms with van der Waals surface area (Å²) in [5, 5.41) is 17.7. The third kappa shape index (κ3) is 7.56. The minimum atomic E-state index is -1.07. The molecule has 2 amide bonds. The van der Waals surface area contributed by atoms with Gasteiger partial charge in [0.1, 0.15) is 30.0 Å². The summed E-state index contributed by atoms with van der Waals surface area (Å²) in [6.07, 6.45) is 1.90. The monoisotopic (exact) mass is 775 g/mol. The van der Waals surface area contributed by atoms with Gasteiger partial charge in [-0.15, -0.1) is 0 Å². The zero-order valence-corrected chi connectivity index (χ0v) is 31.0. The number of rotatable bonds is 13. The van der Waals surface area contributed by atoms with E-state index in [9.17, 15) is 23.1 Å². The van der Waals surface area contributed by atoms with E-state index in [1.54, 1.807) is 25.4 Å². The lowest BCUT2D eigenvalue weighted by atomic mass is 9.77. The third-order valence-electron chi connectivity index (χ3n) is 9.77. The van der Waals surface area contributed by atoms with E-state index >= 15 is 0 Å². The number of hydrogen-bond donors (Lipinski definition) is 2. The molecule has 0 aliphatic rings. The van der Waals surface area contributed by atoms with Gasteiger partial charge in [-0.2, -0.15) is 5.10 Å². The molecular weight excluding hydrogens is 739 g/mol. The number of carbonyl (C=O) groups is 1. The van der Waals surface area contributed by atoms with E-state index in [0.29, 0.717) is 16.8 Å². The molecule has 0 aliphatic carbocycles. The van der Waals surface area contributed by atoms with Crippen molar-refractivity contribution in [1.82, 2.24) is 19.7 Å². The lowest BCUT2D eigenvalue weighted by Gasteiger charge is -2.35. The first-order valence-corrected chi connectivity index (χ1v) is 18.3. The highest BCUT2D eigenvalue weighted by molar-refractivity contribution is 6.31. The predicted octanol–water partition coefficient (Wildman–Crippen LogP) is 9.90. The molecule has 0 aliphatic heterocycles. The van der Waals surface area contributed by atoms with Gasteiger partial charge in [0.15, 0.2) is 17.5 Å². The molecule has 0 saturated carbocycles. The Kier molecular flexibility index (Phi) is 11.4. The van der Waals surface area contributed by atoms with Crippen molar-refractivity contribution < 1.29 is 27.8 Å². The number of ether oxygens (including phenoxy) is 1. The minimum absolute atomic E-state index is 0.101. The average molecular weight is 776 g/mol. The Balaban J connectivity index is 1.22. The Hall–Kier alpha value is -6.17. The molecule has 1 unspecified atom stereocenters. The summed E-state index contributed by atoms with van der Waals surface area (Å²) in [5.41, 5.74) is 2.76. The van der Waals surface area contributed by atoms with E-state index < -0.39 is 35.1 Å². The number of amides is 2. The number of fused-ring (bicyclic) bond motifs is 1. The number of aromatic nitrogens is 3. The molecule has 0 bridgehead atoms. The topological polar surface area (TPSA) is 92.5 Å². The van der Waals surface area contributed by atoms with Crippen LogP contribution in [0.15, 0.2) is 140 Å². The van der Waals surface area contributed by atoms with Crippen LogP contribution in [0, 0.1) is 17.5 Å². The SMILES string of the molecule is CC(c1ccc(OCc2ncn(C(c3ccccc3)(c3ccccc3)c3ccccc3)n2)c2cc(F)c(F)cc12)N(CCCO)C(=O)Nc1ccc(F)c(Cl)c1. The highest BCUT2D eigenvalue weighted by Gasteiger charge is 2.39. The lowest BCUT2D eigenvalue weighted by molar-refractivity contribution is 0.182. The van der Waals surface area contributed by atoms with Gasteiger partial charge in [-0.25, -0.2) is 27.6 Å². The summed E-state index contributed by atoms with van der Waals surface area (Å²) in [6, 6.07) is 38.0. The number of anilines is 1. The second-order valence-corrected chi connectivity index (χ2v) is 13.6. The van der Waals surface area contributed by atoms with E-state index in [4.69, 9.17) is 21.4 Å². The van der Waals surface area contributed by atoms with Crippen LogP contribution < -0.4 is 10.1 Å². The van der Waals surface area contributed by atoms with Gasteiger partial charge in [0.25, 0.3) is 0 Å². The maximum Gasteiger partial charge on any atom is 0.322 e. The van der Waals surface area contributed by atoms with E-state index in [0.717, 1.165) is 34.9 Å². The molecule has 6 aromatic carbocycles. The van der Waals surface area contributed by atoms with Crippen molar-refractivity contribution in [2.45, 2.75) is 31.5 Å². The van der Waals surface area contributed by atoms with Crippen LogP contribution in [0.4, 0.5) is 23.7 Å².